The zero-order valence-electron chi connectivity index (χ0n) is 14.1. The van der Waals surface area contributed by atoms with Crippen LogP contribution in [0.2, 0.25) is 10.0 Å². The number of para-hydroxylation sites is 1. The van der Waals surface area contributed by atoms with E-state index in [9.17, 15) is 9.90 Å². The second-order valence-electron chi connectivity index (χ2n) is 5.89. The van der Waals surface area contributed by atoms with Crippen molar-refractivity contribution in [3.63, 3.8) is 0 Å². The molecular weight excluding hydrogens is 419 g/mol. The van der Waals surface area contributed by atoms with Crippen LogP contribution in [0.15, 0.2) is 64.3 Å². The Balaban J connectivity index is 1.62. The topological polar surface area (TPSA) is 90.7 Å². The summed E-state index contributed by atoms with van der Waals surface area (Å²) in [6, 6.07) is 11.5. The number of carboxylic acids is 1. The standard InChI is InChI=1S/C19H12Cl2N4O2S/c20-13-6-5-10(7-14(13)21)16-9-28-19(23-16)25-24-17(18(26)27)12-8-22-15-4-2-1-3-11(12)15/h1-9,17,22H,(H,26,27). The van der Waals surface area contributed by atoms with Gasteiger partial charge in [-0.2, -0.15) is 5.11 Å². The number of hydrogen-bond donors (Lipinski definition) is 2. The lowest BCUT2D eigenvalue weighted by Gasteiger charge is -2.04. The van der Waals surface area contributed by atoms with Crippen LogP contribution in [0.4, 0.5) is 5.13 Å². The zero-order valence-corrected chi connectivity index (χ0v) is 16.5. The highest BCUT2D eigenvalue weighted by atomic mass is 35.5. The molecule has 9 heteroatoms. The third-order valence-electron chi connectivity index (χ3n) is 4.12. The lowest BCUT2D eigenvalue weighted by Crippen LogP contribution is -2.08. The number of aromatic nitrogens is 2. The number of aromatic amines is 1. The van der Waals surface area contributed by atoms with Crippen LogP contribution in [0.1, 0.15) is 11.6 Å². The minimum Gasteiger partial charge on any atom is -0.479 e. The highest BCUT2D eigenvalue weighted by Gasteiger charge is 2.23. The summed E-state index contributed by atoms with van der Waals surface area (Å²) in [4.78, 5) is 19.2. The van der Waals surface area contributed by atoms with Gasteiger partial charge in [0.05, 0.1) is 15.7 Å². The number of carbonyl (C=O) groups is 1. The zero-order chi connectivity index (χ0) is 19.7. The Morgan fingerprint density at radius 3 is 2.79 bits per heavy atom. The molecule has 0 radical (unpaired) electrons. The molecule has 1 atom stereocenters. The number of thiazole rings is 1. The number of nitrogens with zero attached hydrogens (tertiary/aromatic N) is 3. The van der Waals surface area contributed by atoms with Crippen molar-refractivity contribution in [3.05, 3.63) is 69.7 Å². The van der Waals surface area contributed by atoms with E-state index in [4.69, 9.17) is 23.2 Å². The predicted octanol–water partition coefficient (Wildman–Crippen LogP) is 6.51. The van der Waals surface area contributed by atoms with E-state index < -0.39 is 12.0 Å². The van der Waals surface area contributed by atoms with Gasteiger partial charge in [0.25, 0.3) is 0 Å². The highest BCUT2D eigenvalue weighted by Crippen LogP contribution is 2.33. The van der Waals surface area contributed by atoms with Crippen molar-refractivity contribution >= 4 is 56.5 Å². The van der Waals surface area contributed by atoms with Crippen LogP contribution in [0, 0.1) is 0 Å². The monoisotopic (exact) mass is 430 g/mol. The lowest BCUT2D eigenvalue weighted by molar-refractivity contribution is -0.138. The Morgan fingerprint density at radius 2 is 2.00 bits per heavy atom. The molecule has 0 fully saturated rings. The number of fused-ring (bicyclic) bond motifs is 1. The summed E-state index contributed by atoms with van der Waals surface area (Å²) in [7, 11) is 0. The van der Waals surface area contributed by atoms with Crippen LogP contribution in [0.25, 0.3) is 22.2 Å². The first-order valence-electron chi connectivity index (χ1n) is 8.13. The van der Waals surface area contributed by atoms with Gasteiger partial charge in [0.15, 0.2) is 6.04 Å². The molecule has 0 spiro atoms. The molecule has 2 aromatic carbocycles. The van der Waals surface area contributed by atoms with Crippen LogP contribution in [-0.4, -0.2) is 21.0 Å². The smallest absolute Gasteiger partial charge is 0.335 e. The molecule has 0 saturated carbocycles. The van der Waals surface area contributed by atoms with Crippen molar-refractivity contribution in [1.29, 1.82) is 0 Å². The number of nitrogens with one attached hydrogen (secondary N) is 1. The Hall–Kier alpha value is -2.74. The average molecular weight is 431 g/mol. The van der Waals surface area contributed by atoms with Crippen LogP contribution in [0.3, 0.4) is 0 Å². The van der Waals surface area contributed by atoms with Gasteiger partial charge in [-0.05, 0) is 18.2 Å². The minimum absolute atomic E-state index is 0.354. The van der Waals surface area contributed by atoms with E-state index >= 15 is 0 Å². The maximum Gasteiger partial charge on any atom is 0.335 e. The number of benzene rings is 2. The second kappa shape index (κ2) is 7.71. The molecule has 2 N–H and O–H groups in total. The molecule has 0 saturated heterocycles. The molecule has 0 bridgehead atoms. The Bertz CT molecular complexity index is 1200. The van der Waals surface area contributed by atoms with Gasteiger partial charge in [-0.15, -0.1) is 16.5 Å². The Labute approximate surface area is 173 Å². The average Bonchev–Trinajstić information content (AvgIpc) is 3.32. The molecule has 6 nitrogen and oxygen atoms in total. The van der Waals surface area contributed by atoms with Gasteiger partial charge in [-0.1, -0.05) is 47.5 Å². The molecule has 2 aromatic heterocycles. The number of aliphatic carboxylic acids is 1. The third kappa shape index (κ3) is 3.64. The van der Waals surface area contributed by atoms with Gasteiger partial charge in [-0.25, -0.2) is 9.78 Å². The van der Waals surface area contributed by atoms with Crippen LogP contribution in [-0.2, 0) is 4.79 Å². The molecule has 140 valence electrons. The van der Waals surface area contributed by atoms with Crippen molar-refractivity contribution in [1.82, 2.24) is 9.97 Å². The number of azo groups is 1. The lowest BCUT2D eigenvalue weighted by atomic mass is 10.1. The Kier molecular flexibility index (Phi) is 5.13. The highest BCUT2D eigenvalue weighted by molar-refractivity contribution is 7.13. The summed E-state index contributed by atoms with van der Waals surface area (Å²) in [6.45, 7) is 0. The fourth-order valence-corrected chi connectivity index (χ4v) is 3.72. The summed E-state index contributed by atoms with van der Waals surface area (Å²) in [5.74, 6) is -1.09. The molecule has 2 heterocycles. The number of halogens is 2. The van der Waals surface area contributed by atoms with Crippen LogP contribution < -0.4 is 0 Å². The SMILES string of the molecule is O=C(O)C(N=Nc1nc(-c2ccc(Cl)c(Cl)c2)cs1)c1c[nH]c2ccccc12. The van der Waals surface area contributed by atoms with E-state index in [0.29, 0.717) is 26.4 Å². The molecule has 0 aliphatic heterocycles. The van der Waals surface area contributed by atoms with Gasteiger partial charge in [0.2, 0.25) is 5.13 Å². The first-order valence-corrected chi connectivity index (χ1v) is 9.77. The van der Waals surface area contributed by atoms with E-state index in [0.717, 1.165) is 16.5 Å². The molecule has 28 heavy (non-hydrogen) atoms. The summed E-state index contributed by atoms with van der Waals surface area (Å²) < 4.78 is 0. The van der Waals surface area contributed by atoms with Crippen molar-refractivity contribution in [2.24, 2.45) is 10.2 Å². The Morgan fingerprint density at radius 1 is 1.18 bits per heavy atom. The number of carboxylic acid groups (broad SMARTS) is 1. The van der Waals surface area contributed by atoms with Gasteiger partial charge < -0.3 is 10.1 Å². The van der Waals surface area contributed by atoms with Crippen molar-refractivity contribution in [2.75, 3.05) is 0 Å². The largest absolute Gasteiger partial charge is 0.479 e. The van der Waals surface area contributed by atoms with E-state index in [1.807, 2.05) is 24.3 Å². The van der Waals surface area contributed by atoms with E-state index in [1.165, 1.54) is 11.3 Å². The molecular formula is C19H12Cl2N4O2S. The summed E-state index contributed by atoms with van der Waals surface area (Å²) in [6.07, 6.45) is 1.64. The van der Waals surface area contributed by atoms with E-state index in [2.05, 4.69) is 20.2 Å². The fourth-order valence-electron chi connectivity index (χ4n) is 2.77. The fraction of sp³-hybridized carbons (Fsp3) is 0.0526. The van der Waals surface area contributed by atoms with Gasteiger partial charge in [-0.3, -0.25) is 0 Å². The molecule has 4 rings (SSSR count). The molecule has 0 aliphatic carbocycles. The molecule has 4 aromatic rings. The quantitative estimate of drug-likeness (QED) is 0.353. The van der Waals surface area contributed by atoms with Gasteiger partial charge >= 0.3 is 5.97 Å². The summed E-state index contributed by atoms with van der Waals surface area (Å²) in [5.41, 5.74) is 2.85. The predicted molar refractivity (Wildman–Crippen MR) is 111 cm³/mol. The van der Waals surface area contributed by atoms with Crippen LogP contribution >= 0.6 is 34.5 Å². The van der Waals surface area contributed by atoms with E-state index in [-0.39, 0.29) is 0 Å². The van der Waals surface area contributed by atoms with Gasteiger partial charge in [0.1, 0.15) is 0 Å². The third-order valence-corrected chi connectivity index (χ3v) is 5.58. The van der Waals surface area contributed by atoms with Crippen LogP contribution in [0.5, 0.6) is 0 Å². The van der Waals surface area contributed by atoms with Crippen molar-refractivity contribution in [2.45, 2.75) is 6.04 Å². The number of hydrogen-bond acceptors (Lipinski definition) is 5. The minimum atomic E-state index is -1.13. The molecule has 0 aliphatic rings. The second-order valence-corrected chi connectivity index (χ2v) is 7.54. The normalized spacial score (nSPS) is 12.6. The molecule has 0 amide bonds. The maximum atomic E-state index is 11.7. The first-order chi connectivity index (χ1) is 13.5. The first kappa shape index (κ1) is 18.6. The number of rotatable bonds is 5. The number of H-pyrrole nitrogens is 1. The summed E-state index contributed by atoms with van der Waals surface area (Å²) >= 11 is 13.2. The van der Waals surface area contributed by atoms with Crippen molar-refractivity contribution < 1.29 is 9.90 Å². The van der Waals surface area contributed by atoms with E-state index in [1.54, 1.807) is 29.8 Å². The molecule has 1 unspecified atom stereocenters. The van der Waals surface area contributed by atoms with Gasteiger partial charge in [0, 0.05) is 33.6 Å². The van der Waals surface area contributed by atoms with Crippen molar-refractivity contribution in [3.8, 4) is 11.3 Å². The maximum absolute atomic E-state index is 11.7. The summed E-state index contributed by atoms with van der Waals surface area (Å²) in [5, 5.41) is 21.5.